The second kappa shape index (κ2) is 7.10. The van der Waals surface area contributed by atoms with E-state index in [0.717, 1.165) is 63.2 Å². The van der Waals surface area contributed by atoms with Gasteiger partial charge in [-0.15, -0.1) is 0 Å². The molecule has 2 atom stereocenters. The van der Waals surface area contributed by atoms with E-state index in [4.69, 9.17) is 0 Å². The lowest BCUT2D eigenvalue weighted by Crippen LogP contribution is -2.58. The molecule has 0 saturated carbocycles. The average molecular weight is 358 g/mol. The number of benzene rings is 1. The maximum absolute atomic E-state index is 13.1. The first-order valence-electron chi connectivity index (χ1n) is 9.43. The SMILES string of the molecule is CN1CC[C@H](O)[C@@]2(CCCN(Cc3cnn(-c4ccc(F)cc4)c3)C2)C1. The molecule has 1 spiro atoms. The standard InChI is InChI=1S/C20H27FN4O/c1-23-10-7-19(26)20(14-23)8-2-9-24(15-20)12-16-11-22-25(13-16)18-5-3-17(21)4-6-18/h3-6,11,13,19,26H,2,7-10,12,14-15H2,1H3/t19-,20-/m0/s1. The Morgan fingerprint density at radius 3 is 2.85 bits per heavy atom. The van der Waals surface area contributed by atoms with E-state index in [1.165, 1.54) is 12.1 Å². The zero-order valence-corrected chi connectivity index (χ0v) is 15.3. The van der Waals surface area contributed by atoms with Gasteiger partial charge in [-0.1, -0.05) is 0 Å². The molecule has 0 amide bonds. The number of likely N-dealkylation sites (tertiary alicyclic amines) is 2. The fourth-order valence-corrected chi connectivity index (χ4v) is 4.60. The van der Waals surface area contributed by atoms with Gasteiger partial charge in [0.2, 0.25) is 0 Å². The van der Waals surface area contributed by atoms with Crippen molar-refractivity contribution in [3.05, 3.63) is 48.0 Å². The largest absolute Gasteiger partial charge is 0.392 e. The minimum absolute atomic E-state index is 0.00178. The van der Waals surface area contributed by atoms with Crippen LogP contribution in [0.5, 0.6) is 0 Å². The van der Waals surface area contributed by atoms with Crippen molar-refractivity contribution in [2.45, 2.75) is 31.9 Å². The first-order chi connectivity index (χ1) is 12.5. The Morgan fingerprint density at radius 2 is 2.04 bits per heavy atom. The smallest absolute Gasteiger partial charge is 0.123 e. The topological polar surface area (TPSA) is 44.5 Å². The maximum atomic E-state index is 13.1. The molecule has 2 aliphatic heterocycles. The lowest BCUT2D eigenvalue weighted by atomic mass is 9.71. The van der Waals surface area contributed by atoms with Crippen LogP contribution in [0.3, 0.4) is 0 Å². The van der Waals surface area contributed by atoms with Gasteiger partial charge >= 0.3 is 0 Å². The Labute approximate surface area is 154 Å². The van der Waals surface area contributed by atoms with Crippen molar-refractivity contribution in [3.63, 3.8) is 0 Å². The number of nitrogens with zero attached hydrogens (tertiary/aromatic N) is 4. The zero-order valence-electron chi connectivity index (χ0n) is 15.3. The molecule has 140 valence electrons. The summed E-state index contributed by atoms with van der Waals surface area (Å²) in [5.41, 5.74) is 2.00. The molecule has 2 aliphatic rings. The summed E-state index contributed by atoms with van der Waals surface area (Å²) in [6, 6.07) is 6.37. The molecule has 2 saturated heterocycles. The van der Waals surface area contributed by atoms with E-state index >= 15 is 0 Å². The molecule has 0 bridgehead atoms. The Morgan fingerprint density at radius 1 is 1.23 bits per heavy atom. The van der Waals surface area contributed by atoms with Crippen molar-refractivity contribution < 1.29 is 9.50 Å². The number of aromatic nitrogens is 2. The van der Waals surface area contributed by atoms with Crippen LogP contribution in [0.1, 0.15) is 24.8 Å². The van der Waals surface area contributed by atoms with Crippen molar-refractivity contribution in [1.82, 2.24) is 19.6 Å². The average Bonchev–Trinajstić information content (AvgIpc) is 3.08. The van der Waals surface area contributed by atoms with E-state index < -0.39 is 0 Å². The summed E-state index contributed by atoms with van der Waals surface area (Å²) in [6.45, 7) is 4.77. The highest BCUT2D eigenvalue weighted by Crippen LogP contribution is 2.38. The zero-order chi connectivity index (χ0) is 18.1. The van der Waals surface area contributed by atoms with Gasteiger partial charge in [-0.3, -0.25) is 4.90 Å². The van der Waals surface area contributed by atoms with Crippen molar-refractivity contribution in [2.75, 3.05) is 33.2 Å². The molecule has 0 aliphatic carbocycles. The number of aliphatic hydroxyl groups excluding tert-OH is 1. The van der Waals surface area contributed by atoms with E-state index in [0.29, 0.717) is 0 Å². The predicted octanol–water partition coefficient (Wildman–Crippen LogP) is 2.29. The van der Waals surface area contributed by atoms with E-state index in [-0.39, 0.29) is 17.3 Å². The summed E-state index contributed by atoms with van der Waals surface area (Å²) >= 11 is 0. The summed E-state index contributed by atoms with van der Waals surface area (Å²) in [5, 5.41) is 15.1. The van der Waals surface area contributed by atoms with Crippen molar-refractivity contribution >= 4 is 0 Å². The number of halogens is 1. The van der Waals surface area contributed by atoms with Gasteiger partial charge in [-0.05, 0) is 57.1 Å². The van der Waals surface area contributed by atoms with E-state index in [1.54, 1.807) is 16.8 Å². The minimum Gasteiger partial charge on any atom is -0.392 e. The third kappa shape index (κ3) is 3.54. The van der Waals surface area contributed by atoms with Crippen LogP contribution in [0.4, 0.5) is 4.39 Å². The second-order valence-electron chi connectivity index (χ2n) is 7.99. The number of rotatable bonds is 3. The van der Waals surface area contributed by atoms with E-state index in [1.807, 2.05) is 12.4 Å². The highest BCUT2D eigenvalue weighted by atomic mass is 19.1. The normalized spacial score (nSPS) is 27.9. The maximum Gasteiger partial charge on any atom is 0.123 e. The highest BCUT2D eigenvalue weighted by Gasteiger charge is 2.44. The van der Waals surface area contributed by atoms with Gasteiger partial charge in [-0.25, -0.2) is 9.07 Å². The summed E-state index contributed by atoms with van der Waals surface area (Å²) < 4.78 is 14.9. The molecule has 5 nitrogen and oxygen atoms in total. The minimum atomic E-state index is -0.240. The first kappa shape index (κ1) is 17.6. The van der Waals surface area contributed by atoms with Gasteiger partial charge in [0, 0.05) is 43.4 Å². The Kier molecular flexibility index (Phi) is 4.82. The number of hydrogen-bond donors (Lipinski definition) is 1. The summed E-state index contributed by atoms with van der Waals surface area (Å²) in [7, 11) is 2.15. The Bertz CT molecular complexity index is 747. The van der Waals surface area contributed by atoms with Crippen molar-refractivity contribution in [3.8, 4) is 5.69 Å². The summed E-state index contributed by atoms with van der Waals surface area (Å²) in [5.74, 6) is -0.240. The predicted molar refractivity (Wildman–Crippen MR) is 98.6 cm³/mol. The van der Waals surface area contributed by atoms with Crippen LogP contribution in [0, 0.1) is 11.2 Å². The van der Waals surface area contributed by atoms with Crippen LogP contribution in [0.25, 0.3) is 5.69 Å². The monoisotopic (exact) mass is 358 g/mol. The molecule has 4 rings (SSSR count). The van der Waals surface area contributed by atoms with Crippen molar-refractivity contribution in [1.29, 1.82) is 0 Å². The first-order valence-corrected chi connectivity index (χ1v) is 9.43. The number of hydrogen-bond acceptors (Lipinski definition) is 4. The third-order valence-corrected chi connectivity index (χ3v) is 5.90. The molecule has 0 radical (unpaired) electrons. The molecule has 2 fully saturated rings. The Hall–Kier alpha value is -1.76. The fourth-order valence-electron chi connectivity index (χ4n) is 4.60. The molecule has 1 aromatic heterocycles. The molecule has 6 heteroatoms. The fraction of sp³-hybridized carbons (Fsp3) is 0.550. The van der Waals surface area contributed by atoms with Gasteiger partial charge in [0.1, 0.15) is 5.82 Å². The highest BCUT2D eigenvalue weighted by molar-refractivity contribution is 5.31. The van der Waals surface area contributed by atoms with Crippen LogP contribution in [-0.4, -0.2) is 64.0 Å². The van der Waals surface area contributed by atoms with Crippen LogP contribution >= 0.6 is 0 Å². The molecule has 0 unspecified atom stereocenters. The van der Waals surface area contributed by atoms with Crippen LogP contribution < -0.4 is 0 Å². The molecule has 1 N–H and O–H groups in total. The van der Waals surface area contributed by atoms with Gasteiger partial charge in [0.25, 0.3) is 0 Å². The number of aliphatic hydroxyl groups is 1. The quantitative estimate of drug-likeness (QED) is 0.914. The van der Waals surface area contributed by atoms with Crippen LogP contribution in [0.2, 0.25) is 0 Å². The molecule has 26 heavy (non-hydrogen) atoms. The molecule has 1 aromatic carbocycles. The number of piperidine rings is 2. The van der Waals surface area contributed by atoms with Crippen molar-refractivity contribution in [2.24, 2.45) is 5.41 Å². The van der Waals surface area contributed by atoms with E-state index in [2.05, 4.69) is 21.9 Å². The van der Waals surface area contributed by atoms with Gasteiger partial charge in [-0.2, -0.15) is 5.10 Å². The van der Waals surface area contributed by atoms with Gasteiger partial charge in [0.15, 0.2) is 0 Å². The third-order valence-electron chi connectivity index (χ3n) is 5.90. The summed E-state index contributed by atoms with van der Waals surface area (Å²) in [4.78, 5) is 4.79. The summed E-state index contributed by atoms with van der Waals surface area (Å²) in [6.07, 6.45) is 6.78. The van der Waals surface area contributed by atoms with Crippen LogP contribution in [-0.2, 0) is 6.54 Å². The molecular weight excluding hydrogens is 331 g/mol. The van der Waals surface area contributed by atoms with E-state index in [9.17, 15) is 9.50 Å². The van der Waals surface area contributed by atoms with Gasteiger partial charge in [0.05, 0.1) is 18.0 Å². The Balaban J connectivity index is 1.45. The van der Waals surface area contributed by atoms with Gasteiger partial charge < -0.3 is 10.0 Å². The van der Waals surface area contributed by atoms with Crippen LogP contribution in [0.15, 0.2) is 36.7 Å². The molecular formula is C20H27FN4O. The molecule has 2 aromatic rings. The lowest BCUT2D eigenvalue weighted by Gasteiger charge is -2.50. The lowest BCUT2D eigenvalue weighted by molar-refractivity contribution is -0.0807. The molecule has 3 heterocycles. The second-order valence-corrected chi connectivity index (χ2v) is 7.99.